The van der Waals surface area contributed by atoms with Gasteiger partial charge in [-0.05, 0) is 43.3 Å². The third kappa shape index (κ3) is 4.42. The van der Waals surface area contributed by atoms with Crippen molar-refractivity contribution in [3.8, 4) is 11.1 Å². The van der Waals surface area contributed by atoms with E-state index in [1.165, 1.54) is 6.07 Å². The SMILES string of the molecule is CCN(CC)C(C)CNC(=O)c1cc(-c2ccccc2)ccc1F. The summed E-state index contributed by atoms with van der Waals surface area (Å²) in [6.07, 6.45) is 0. The van der Waals surface area contributed by atoms with Gasteiger partial charge in [-0.1, -0.05) is 50.2 Å². The Kier molecular flexibility index (Phi) is 6.50. The minimum Gasteiger partial charge on any atom is -0.350 e. The number of carbonyl (C=O) groups is 1. The van der Waals surface area contributed by atoms with Gasteiger partial charge >= 0.3 is 0 Å². The molecule has 0 fully saturated rings. The molecule has 2 aromatic rings. The van der Waals surface area contributed by atoms with Crippen LogP contribution in [0.25, 0.3) is 11.1 Å². The van der Waals surface area contributed by atoms with E-state index in [0.717, 1.165) is 24.2 Å². The first kappa shape index (κ1) is 18.1. The highest BCUT2D eigenvalue weighted by Gasteiger charge is 2.16. The second-order valence-electron chi connectivity index (χ2n) is 5.84. The van der Waals surface area contributed by atoms with Gasteiger partial charge < -0.3 is 5.32 Å². The largest absolute Gasteiger partial charge is 0.350 e. The van der Waals surface area contributed by atoms with Gasteiger partial charge in [0.15, 0.2) is 0 Å². The smallest absolute Gasteiger partial charge is 0.254 e. The highest BCUT2D eigenvalue weighted by atomic mass is 19.1. The minimum absolute atomic E-state index is 0.0862. The van der Waals surface area contributed by atoms with Crippen molar-refractivity contribution >= 4 is 5.91 Å². The van der Waals surface area contributed by atoms with E-state index in [9.17, 15) is 9.18 Å². The second kappa shape index (κ2) is 8.60. The summed E-state index contributed by atoms with van der Waals surface area (Å²) < 4.78 is 14.1. The van der Waals surface area contributed by atoms with Crippen LogP contribution in [0.1, 0.15) is 31.1 Å². The minimum atomic E-state index is -0.498. The topological polar surface area (TPSA) is 32.3 Å². The zero-order valence-corrected chi connectivity index (χ0v) is 14.6. The van der Waals surface area contributed by atoms with Crippen molar-refractivity contribution in [1.29, 1.82) is 0 Å². The van der Waals surface area contributed by atoms with Crippen LogP contribution in [0.2, 0.25) is 0 Å². The average molecular weight is 328 g/mol. The summed E-state index contributed by atoms with van der Waals surface area (Å²) in [7, 11) is 0. The number of nitrogens with zero attached hydrogens (tertiary/aromatic N) is 1. The molecule has 24 heavy (non-hydrogen) atoms. The quantitative estimate of drug-likeness (QED) is 0.834. The van der Waals surface area contributed by atoms with Crippen molar-refractivity contribution in [3.05, 3.63) is 59.9 Å². The molecule has 3 nitrogen and oxygen atoms in total. The van der Waals surface area contributed by atoms with Gasteiger partial charge in [-0.15, -0.1) is 0 Å². The predicted octanol–water partition coefficient (Wildman–Crippen LogP) is 3.95. The fourth-order valence-electron chi connectivity index (χ4n) is 2.82. The van der Waals surface area contributed by atoms with Gasteiger partial charge in [0.2, 0.25) is 0 Å². The Bertz CT molecular complexity index is 669. The highest BCUT2D eigenvalue weighted by Crippen LogP contribution is 2.21. The lowest BCUT2D eigenvalue weighted by atomic mass is 10.0. The molecule has 1 N–H and O–H groups in total. The lowest BCUT2D eigenvalue weighted by Crippen LogP contribution is -2.42. The molecule has 128 valence electrons. The van der Waals surface area contributed by atoms with Gasteiger partial charge in [-0.2, -0.15) is 0 Å². The van der Waals surface area contributed by atoms with Crippen LogP contribution in [0.15, 0.2) is 48.5 Å². The first-order valence-corrected chi connectivity index (χ1v) is 8.44. The fourth-order valence-corrected chi connectivity index (χ4v) is 2.82. The fraction of sp³-hybridized carbons (Fsp3) is 0.350. The molecule has 0 bridgehead atoms. The maximum absolute atomic E-state index is 14.1. The number of hydrogen-bond acceptors (Lipinski definition) is 2. The van der Waals surface area contributed by atoms with Crippen LogP contribution < -0.4 is 5.32 Å². The Labute approximate surface area is 143 Å². The molecule has 0 heterocycles. The molecule has 2 rings (SSSR count). The molecule has 0 aliphatic heterocycles. The van der Waals surface area contributed by atoms with Crippen LogP contribution in [0.4, 0.5) is 4.39 Å². The van der Waals surface area contributed by atoms with Crippen LogP contribution in [-0.4, -0.2) is 36.5 Å². The van der Waals surface area contributed by atoms with Crippen LogP contribution in [0, 0.1) is 5.82 Å². The van der Waals surface area contributed by atoms with Gasteiger partial charge in [-0.3, -0.25) is 9.69 Å². The molecule has 1 atom stereocenters. The van der Waals surface area contributed by atoms with Crippen LogP contribution in [0.3, 0.4) is 0 Å². The molecule has 0 aliphatic carbocycles. The number of rotatable bonds is 7. The molecular weight excluding hydrogens is 303 g/mol. The Morgan fingerprint density at radius 2 is 1.75 bits per heavy atom. The summed E-state index contributed by atoms with van der Waals surface area (Å²) in [5.74, 6) is -0.869. The summed E-state index contributed by atoms with van der Waals surface area (Å²) in [6.45, 7) is 8.58. The van der Waals surface area contributed by atoms with Crippen molar-refractivity contribution in [2.75, 3.05) is 19.6 Å². The lowest BCUT2D eigenvalue weighted by molar-refractivity contribution is 0.0934. The normalized spacial score (nSPS) is 12.2. The number of carbonyl (C=O) groups excluding carboxylic acids is 1. The third-order valence-corrected chi connectivity index (χ3v) is 4.31. The third-order valence-electron chi connectivity index (χ3n) is 4.31. The average Bonchev–Trinajstić information content (AvgIpc) is 2.62. The number of benzene rings is 2. The summed E-state index contributed by atoms with van der Waals surface area (Å²) in [5, 5.41) is 2.85. The summed E-state index contributed by atoms with van der Waals surface area (Å²) in [5.41, 5.74) is 1.88. The molecule has 0 saturated carbocycles. The molecule has 2 aromatic carbocycles. The number of halogens is 1. The van der Waals surface area contributed by atoms with E-state index >= 15 is 0 Å². The number of likely N-dealkylation sites (N-methyl/N-ethyl adjacent to an activating group) is 1. The van der Waals surface area contributed by atoms with Crippen LogP contribution >= 0.6 is 0 Å². The molecular formula is C20H25FN2O. The molecule has 0 aliphatic rings. The zero-order valence-electron chi connectivity index (χ0n) is 14.6. The zero-order chi connectivity index (χ0) is 17.5. The van der Waals surface area contributed by atoms with Gasteiger partial charge in [0.05, 0.1) is 5.56 Å². The number of nitrogens with one attached hydrogen (secondary N) is 1. The number of amides is 1. The first-order chi connectivity index (χ1) is 11.6. The Hall–Kier alpha value is -2.20. The van der Waals surface area contributed by atoms with Crippen molar-refractivity contribution in [1.82, 2.24) is 10.2 Å². The van der Waals surface area contributed by atoms with Gasteiger partial charge in [0, 0.05) is 12.6 Å². The van der Waals surface area contributed by atoms with Crippen molar-refractivity contribution in [2.45, 2.75) is 26.8 Å². The van der Waals surface area contributed by atoms with E-state index in [1.54, 1.807) is 12.1 Å². The maximum Gasteiger partial charge on any atom is 0.254 e. The Morgan fingerprint density at radius 3 is 2.38 bits per heavy atom. The van der Waals surface area contributed by atoms with E-state index in [-0.39, 0.29) is 17.5 Å². The molecule has 4 heteroatoms. The van der Waals surface area contributed by atoms with Crippen LogP contribution in [0.5, 0.6) is 0 Å². The lowest BCUT2D eigenvalue weighted by Gasteiger charge is -2.26. The Morgan fingerprint density at radius 1 is 1.08 bits per heavy atom. The summed E-state index contributed by atoms with van der Waals surface area (Å²) in [4.78, 5) is 14.6. The van der Waals surface area contributed by atoms with E-state index in [2.05, 4.69) is 31.0 Å². The van der Waals surface area contributed by atoms with E-state index in [0.29, 0.717) is 6.54 Å². The highest BCUT2D eigenvalue weighted by molar-refractivity contribution is 5.95. The predicted molar refractivity (Wildman–Crippen MR) is 96.6 cm³/mol. The standard InChI is InChI=1S/C20H25FN2O/c1-4-23(5-2)15(3)14-22-20(24)18-13-17(11-12-19(18)21)16-9-7-6-8-10-16/h6-13,15H,4-5,14H2,1-3H3,(H,22,24). The monoisotopic (exact) mass is 328 g/mol. The van der Waals surface area contributed by atoms with E-state index in [4.69, 9.17) is 0 Å². The Balaban J connectivity index is 2.12. The maximum atomic E-state index is 14.1. The van der Waals surface area contributed by atoms with Gasteiger partial charge in [0.25, 0.3) is 5.91 Å². The first-order valence-electron chi connectivity index (χ1n) is 8.44. The number of hydrogen-bond donors (Lipinski definition) is 1. The molecule has 0 spiro atoms. The molecule has 0 saturated heterocycles. The van der Waals surface area contributed by atoms with E-state index < -0.39 is 5.82 Å². The molecule has 0 aromatic heterocycles. The molecule has 0 radical (unpaired) electrons. The van der Waals surface area contributed by atoms with Crippen molar-refractivity contribution in [3.63, 3.8) is 0 Å². The van der Waals surface area contributed by atoms with Crippen molar-refractivity contribution < 1.29 is 9.18 Å². The van der Waals surface area contributed by atoms with Gasteiger partial charge in [0.1, 0.15) is 5.82 Å². The van der Waals surface area contributed by atoms with Crippen molar-refractivity contribution in [2.24, 2.45) is 0 Å². The molecule has 1 amide bonds. The van der Waals surface area contributed by atoms with Gasteiger partial charge in [-0.25, -0.2) is 4.39 Å². The summed E-state index contributed by atoms with van der Waals surface area (Å²) in [6, 6.07) is 14.5. The second-order valence-corrected chi connectivity index (χ2v) is 5.84. The van der Waals surface area contributed by atoms with Crippen LogP contribution in [-0.2, 0) is 0 Å². The molecule has 1 unspecified atom stereocenters. The van der Waals surface area contributed by atoms with E-state index in [1.807, 2.05) is 30.3 Å². The summed E-state index contributed by atoms with van der Waals surface area (Å²) >= 11 is 0.